The molecule has 0 aliphatic rings. The Morgan fingerprint density at radius 1 is 1.47 bits per heavy atom. The quantitative estimate of drug-likeness (QED) is 0.366. The average molecular weight is 252 g/mol. The van der Waals surface area contributed by atoms with Crippen molar-refractivity contribution in [2.45, 2.75) is 43.8 Å². The molecule has 1 aromatic rings. The average Bonchev–Trinajstić information content (AvgIpc) is 2.30. The summed E-state index contributed by atoms with van der Waals surface area (Å²) in [5.41, 5.74) is 4.71. The summed E-state index contributed by atoms with van der Waals surface area (Å²) in [4.78, 5) is 12.3. The molecule has 1 atom stereocenters. The zero-order chi connectivity index (χ0) is 12.8. The molecular formula is C13H20N2OS. The highest BCUT2D eigenvalue weighted by Crippen LogP contribution is 2.29. The molecule has 0 bridgehead atoms. The van der Waals surface area contributed by atoms with E-state index in [-0.39, 0.29) is 5.91 Å². The maximum Gasteiger partial charge on any atom is 0.233 e. The van der Waals surface area contributed by atoms with Gasteiger partial charge < -0.3 is 0 Å². The van der Waals surface area contributed by atoms with E-state index in [4.69, 9.17) is 5.84 Å². The molecule has 0 aliphatic carbocycles. The summed E-state index contributed by atoms with van der Waals surface area (Å²) in [6.07, 6.45) is 1.32. The molecular weight excluding hydrogens is 232 g/mol. The van der Waals surface area contributed by atoms with Crippen LogP contribution in [0.2, 0.25) is 0 Å². The van der Waals surface area contributed by atoms with Gasteiger partial charge in [-0.05, 0) is 31.9 Å². The number of thioether (sulfide) groups is 1. The highest BCUT2D eigenvalue weighted by molar-refractivity contribution is 8.00. The van der Waals surface area contributed by atoms with Crippen molar-refractivity contribution in [3.05, 3.63) is 29.3 Å². The number of hydrazine groups is 1. The molecule has 94 valence electrons. The summed E-state index contributed by atoms with van der Waals surface area (Å²) in [7, 11) is 0. The second kappa shape index (κ2) is 6.67. The van der Waals surface area contributed by atoms with Crippen LogP contribution in [-0.4, -0.2) is 11.2 Å². The van der Waals surface area contributed by atoms with Gasteiger partial charge in [-0.2, -0.15) is 0 Å². The lowest BCUT2D eigenvalue weighted by Gasteiger charge is -2.13. The molecule has 0 spiro atoms. The largest absolute Gasteiger partial charge is 0.294 e. The van der Waals surface area contributed by atoms with Crippen LogP contribution in [0.3, 0.4) is 0 Å². The van der Waals surface area contributed by atoms with E-state index < -0.39 is 0 Å². The predicted octanol–water partition coefficient (Wildman–Crippen LogP) is 2.55. The third-order valence-corrected chi connectivity index (χ3v) is 3.94. The van der Waals surface area contributed by atoms with Crippen molar-refractivity contribution in [3.63, 3.8) is 0 Å². The van der Waals surface area contributed by atoms with Gasteiger partial charge >= 0.3 is 0 Å². The number of amides is 1. The SMILES string of the molecule is Cc1ccc(C)c(SC(C)CCC(=O)NN)c1. The molecule has 0 fully saturated rings. The van der Waals surface area contributed by atoms with Gasteiger partial charge in [-0.15, -0.1) is 11.8 Å². The Labute approximate surface area is 107 Å². The maximum atomic E-state index is 11.0. The van der Waals surface area contributed by atoms with E-state index in [1.807, 2.05) is 11.8 Å². The lowest BCUT2D eigenvalue weighted by atomic mass is 10.2. The van der Waals surface area contributed by atoms with Crippen LogP contribution in [0.1, 0.15) is 30.9 Å². The summed E-state index contributed by atoms with van der Waals surface area (Å²) in [6, 6.07) is 6.45. The van der Waals surface area contributed by atoms with E-state index in [1.54, 1.807) is 0 Å². The minimum atomic E-state index is -0.0987. The Bertz CT molecular complexity index is 393. The first-order chi connectivity index (χ1) is 8.02. The van der Waals surface area contributed by atoms with Crippen molar-refractivity contribution in [2.24, 2.45) is 5.84 Å². The van der Waals surface area contributed by atoms with Gasteiger partial charge in [0.15, 0.2) is 0 Å². The van der Waals surface area contributed by atoms with Crippen LogP contribution >= 0.6 is 11.8 Å². The van der Waals surface area contributed by atoms with Gasteiger partial charge in [0.1, 0.15) is 0 Å². The van der Waals surface area contributed by atoms with E-state index in [0.717, 1.165) is 6.42 Å². The highest BCUT2D eigenvalue weighted by Gasteiger charge is 2.09. The summed E-state index contributed by atoms with van der Waals surface area (Å²) >= 11 is 1.82. The Kier molecular flexibility index (Phi) is 5.51. The minimum Gasteiger partial charge on any atom is -0.294 e. The summed E-state index contributed by atoms with van der Waals surface area (Å²) in [6.45, 7) is 6.34. The van der Waals surface area contributed by atoms with E-state index in [0.29, 0.717) is 11.7 Å². The number of nitrogens with one attached hydrogen (secondary N) is 1. The van der Waals surface area contributed by atoms with Gasteiger partial charge in [-0.25, -0.2) is 5.84 Å². The van der Waals surface area contributed by atoms with Crippen molar-refractivity contribution in [1.29, 1.82) is 0 Å². The Hall–Kier alpha value is -1.00. The van der Waals surface area contributed by atoms with E-state index in [9.17, 15) is 4.79 Å². The summed E-state index contributed by atoms with van der Waals surface area (Å²) in [5.74, 6) is 4.95. The second-order valence-corrected chi connectivity index (χ2v) is 5.78. The summed E-state index contributed by atoms with van der Waals surface area (Å²) < 4.78 is 0. The second-order valence-electron chi connectivity index (χ2n) is 4.30. The summed E-state index contributed by atoms with van der Waals surface area (Å²) in [5, 5.41) is 0.410. The first-order valence-corrected chi connectivity index (χ1v) is 6.64. The van der Waals surface area contributed by atoms with Crippen molar-refractivity contribution in [2.75, 3.05) is 0 Å². The molecule has 1 amide bonds. The number of aryl methyl sites for hydroxylation is 2. The van der Waals surface area contributed by atoms with Gasteiger partial charge in [0.05, 0.1) is 0 Å². The number of rotatable bonds is 5. The molecule has 0 saturated heterocycles. The van der Waals surface area contributed by atoms with Crippen LogP contribution in [-0.2, 0) is 4.79 Å². The van der Waals surface area contributed by atoms with Crippen molar-refractivity contribution in [3.8, 4) is 0 Å². The molecule has 4 heteroatoms. The van der Waals surface area contributed by atoms with Gasteiger partial charge in [-0.1, -0.05) is 24.6 Å². The molecule has 3 N–H and O–H groups in total. The van der Waals surface area contributed by atoms with E-state index in [1.165, 1.54) is 16.0 Å². The zero-order valence-corrected chi connectivity index (χ0v) is 11.4. The number of benzene rings is 1. The molecule has 17 heavy (non-hydrogen) atoms. The van der Waals surface area contributed by atoms with Crippen LogP contribution in [0, 0.1) is 13.8 Å². The Morgan fingerprint density at radius 3 is 2.82 bits per heavy atom. The van der Waals surface area contributed by atoms with Gasteiger partial charge in [0.2, 0.25) is 5.91 Å². The lowest BCUT2D eigenvalue weighted by molar-refractivity contribution is -0.121. The molecule has 0 radical (unpaired) electrons. The first-order valence-electron chi connectivity index (χ1n) is 5.76. The normalized spacial score (nSPS) is 12.2. The fourth-order valence-electron chi connectivity index (χ4n) is 1.52. The molecule has 1 aromatic carbocycles. The van der Waals surface area contributed by atoms with E-state index >= 15 is 0 Å². The standard InChI is InChI=1S/C13H20N2OS/c1-9-4-5-10(2)12(8-9)17-11(3)6-7-13(16)15-14/h4-5,8,11H,6-7,14H2,1-3H3,(H,15,16). The monoisotopic (exact) mass is 252 g/mol. The third-order valence-electron chi connectivity index (χ3n) is 2.61. The highest BCUT2D eigenvalue weighted by atomic mass is 32.2. The zero-order valence-electron chi connectivity index (χ0n) is 10.6. The molecule has 1 rings (SSSR count). The maximum absolute atomic E-state index is 11.0. The number of nitrogens with two attached hydrogens (primary N) is 1. The van der Waals surface area contributed by atoms with Gasteiger partial charge in [-0.3, -0.25) is 10.2 Å². The van der Waals surface area contributed by atoms with Crippen LogP contribution in [0.25, 0.3) is 0 Å². The van der Waals surface area contributed by atoms with Crippen LogP contribution < -0.4 is 11.3 Å². The third kappa shape index (κ3) is 4.79. The molecule has 0 aromatic heterocycles. The predicted molar refractivity (Wildman–Crippen MR) is 72.8 cm³/mol. The lowest BCUT2D eigenvalue weighted by Crippen LogP contribution is -2.30. The van der Waals surface area contributed by atoms with Crippen molar-refractivity contribution >= 4 is 17.7 Å². The first kappa shape index (κ1) is 14.1. The molecule has 3 nitrogen and oxygen atoms in total. The minimum absolute atomic E-state index is 0.0987. The van der Waals surface area contributed by atoms with Gasteiger partial charge in [0.25, 0.3) is 0 Å². The smallest absolute Gasteiger partial charge is 0.233 e. The van der Waals surface area contributed by atoms with Gasteiger partial charge in [0, 0.05) is 16.6 Å². The van der Waals surface area contributed by atoms with Crippen LogP contribution in [0.5, 0.6) is 0 Å². The van der Waals surface area contributed by atoms with Crippen molar-refractivity contribution in [1.82, 2.24) is 5.43 Å². The fraction of sp³-hybridized carbons (Fsp3) is 0.462. The van der Waals surface area contributed by atoms with Crippen molar-refractivity contribution < 1.29 is 4.79 Å². The number of hydrogen-bond donors (Lipinski definition) is 2. The van der Waals surface area contributed by atoms with Crippen LogP contribution in [0.15, 0.2) is 23.1 Å². The number of carbonyl (C=O) groups is 1. The van der Waals surface area contributed by atoms with E-state index in [2.05, 4.69) is 44.4 Å². The molecule has 0 aliphatic heterocycles. The molecule has 1 unspecified atom stereocenters. The topological polar surface area (TPSA) is 55.1 Å². The Balaban J connectivity index is 2.52. The fourth-order valence-corrected chi connectivity index (χ4v) is 2.69. The van der Waals surface area contributed by atoms with Crippen LogP contribution in [0.4, 0.5) is 0 Å². The Morgan fingerprint density at radius 2 is 2.18 bits per heavy atom. The molecule has 0 heterocycles. The number of carbonyl (C=O) groups excluding carboxylic acids is 1. The number of hydrogen-bond acceptors (Lipinski definition) is 3. The molecule has 0 saturated carbocycles.